The third-order valence-electron chi connectivity index (χ3n) is 10.5. The van der Waals surface area contributed by atoms with Crippen LogP contribution < -0.4 is 0 Å². The monoisotopic (exact) mass is 720 g/mol. The fraction of sp³-hybridized carbons (Fsp3) is 0.425. The van der Waals surface area contributed by atoms with E-state index in [0.29, 0.717) is 48.6 Å². The van der Waals surface area contributed by atoms with Gasteiger partial charge < -0.3 is 19.4 Å². The molecule has 13 heteroatoms. The largest absolute Gasteiger partial charge is 0.375 e. The molecule has 53 heavy (non-hydrogen) atoms. The Kier molecular flexibility index (Phi) is 13.9. The van der Waals surface area contributed by atoms with Crippen molar-refractivity contribution < 1.29 is 19.2 Å². The van der Waals surface area contributed by atoms with Gasteiger partial charge in [-0.3, -0.25) is 24.7 Å². The Morgan fingerprint density at radius 2 is 1.64 bits per heavy atom. The average Bonchev–Trinajstić information content (AvgIpc) is 3.21. The number of hydrogen-bond acceptors (Lipinski definition) is 8. The molecule has 0 radical (unpaired) electrons. The number of allylic oxidation sites excluding steroid dienone is 1. The van der Waals surface area contributed by atoms with Crippen LogP contribution in [0.25, 0.3) is 10.4 Å². The second kappa shape index (κ2) is 18.9. The lowest BCUT2D eigenvalue weighted by Gasteiger charge is -2.43. The maximum absolute atomic E-state index is 13.0. The smallest absolute Gasteiger partial charge is 0.269 e. The number of hydrogen-bond donors (Lipinski definition) is 0. The number of nitro benzene ring substituents is 1. The summed E-state index contributed by atoms with van der Waals surface area (Å²) in [4.78, 5) is 50.3. The molecule has 13 nitrogen and oxygen atoms in total. The zero-order chi connectivity index (χ0) is 37.6. The number of rotatable bonds is 19. The fourth-order valence-electron chi connectivity index (χ4n) is 7.84. The molecule has 0 N–H and O–H groups in total. The van der Waals surface area contributed by atoms with Gasteiger partial charge in [0.1, 0.15) is 0 Å². The van der Waals surface area contributed by atoms with Crippen molar-refractivity contribution in [3.63, 3.8) is 0 Å². The molecule has 1 saturated heterocycles. The van der Waals surface area contributed by atoms with Crippen LogP contribution in [0.1, 0.15) is 62.1 Å². The van der Waals surface area contributed by atoms with Crippen LogP contribution in [0.15, 0.2) is 106 Å². The number of ether oxygens (including phenoxy) is 1. The molecule has 0 spiro atoms. The second-order valence-electron chi connectivity index (χ2n) is 13.3. The number of nitrogens with zero attached hydrogens (tertiary/aromatic N) is 8. The summed E-state index contributed by atoms with van der Waals surface area (Å²) in [6, 6.07) is 27.1. The van der Waals surface area contributed by atoms with Crippen LogP contribution in [0.4, 0.5) is 5.69 Å². The molecule has 0 bridgehead atoms. The van der Waals surface area contributed by atoms with Crippen LogP contribution in [0, 0.1) is 10.1 Å². The van der Waals surface area contributed by atoms with Crippen LogP contribution in [0.3, 0.4) is 0 Å². The molecule has 1 fully saturated rings. The van der Waals surface area contributed by atoms with E-state index < -0.39 is 16.9 Å². The molecule has 2 aliphatic rings. The minimum Gasteiger partial charge on any atom is -0.375 e. The van der Waals surface area contributed by atoms with Crippen molar-refractivity contribution in [2.24, 2.45) is 10.1 Å². The first-order valence-corrected chi connectivity index (χ1v) is 18.3. The molecular weight excluding hydrogens is 672 g/mol. The van der Waals surface area contributed by atoms with Crippen molar-refractivity contribution in [3.05, 3.63) is 134 Å². The molecule has 3 aromatic rings. The number of likely N-dealkylation sites (tertiary alicyclic amines) is 1. The lowest BCUT2D eigenvalue weighted by atomic mass is 9.68. The molecule has 2 atom stereocenters. The Hall–Kier alpha value is -5.36. The molecule has 0 saturated carbocycles. The highest BCUT2D eigenvalue weighted by Crippen LogP contribution is 2.43. The van der Waals surface area contributed by atoms with Crippen molar-refractivity contribution in [3.8, 4) is 0 Å². The number of azide groups is 1. The van der Waals surface area contributed by atoms with E-state index in [2.05, 4.69) is 75.6 Å². The quantitative estimate of drug-likeness (QED) is 0.0250. The van der Waals surface area contributed by atoms with E-state index in [0.717, 1.165) is 45.3 Å². The maximum Gasteiger partial charge on any atom is 0.269 e. The van der Waals surface area contributed by atoms with Gasteiger partial charge in [-0.15, -0.1) is 0 Å². The minimum atomic E-state index is -0.627. The topological polar surface area (TPSA) is 157 Å². The number of benzene rings is 3. The van der Waals surface area contributed by atoms with Crippen molar-refractivity contribution >= 4 is 24.2 Å². The summed E-state index contributed by atoms with van der Waals surface area (Å²) in [5.41, 5.74) is 13.9. The molecule has 0 aliphatic carbocycles. The summed E-state index contributed by atoms with van der Waals surface area (Å²) >= 11 is 0. The second-order valence-corrected chi connectivity index (χ2v) is 13.3. The Morgan fingerprint density at radius 1 is 1.00 bits per heavy atom. The van der Waals surface area contributed by atoms with Gasteiger partial charge >= 0.3 is 0 Å². The SMILES string of the molecule is CCC1=C(N(C=O)CCCN2CCC(c3ccccc3)(c3ccccc3)CC2)C(c2ccc([N+](=O)[O-])cc2)C(N(C=O)CC)C(COCCN=[N+]=[N-])=N1. The Morgan fingerprint density at radius 3 is 2.17 bits per heavy atom. The van der Waals surface area contributed by atoms with Gasteiger partial charge in [-0.2, -0.15) is 0 Å². The van der Waals surface area contributed by atoms with Crippen LogP contribution in [-0.4, -0.2) is 96.7 Å². The predicted molar refractivity (Wildman–Crippen MR) is 204 cm³/mol. The van der Waals surface area contributed by atoms with E-state index >= 15 is 0 Å². The molecule has 3 aromatic carbocycles. The van der Waals surface area contributed by atoms with E-state index in [-0.39, 0.29) is 30.9 Å². The van der Waals surface area contributed by atoms with E-state index in [1.807, 2.05) is 13.8 Å². The fourth-order valence-corrected chi connectivity index (χ4v) is 7.84. The van der Waals surface area contributed by atoms with Crippen molar-refractivity contribution in [2.75, 3.05) is 52.5 Å². The van der Waals surface area contributed by atoms with Gasteiger partial charge in [-0.25, -0.2) is 0 Å². The van der Waals surface area contributed by atoms with Crippen LogP contribution in [-0.2, 0) is 19.7 Å². The molecule has 278 valence electrons. The molecule has 0 aromatic heterocycles. The van der Waals surface area contributed by atoms with E-state index in [1.165, 1.54) is 23.3 Å². The van der Waals surface area contributed by atoms with Gasteiger partial charge in [0.2, 0.25) is 12.8 Å². The number of carbonyl (C=O) groups excluding carboxylic acids is 2. The van der Waals surface area contributed by atoms with Crippen molar-refractivity contribution in [1.29, 1.82) is 0 Å². The van der Waals surface area contributed by atoms with Gasteiger partial charge in [-0.1, -0.05) is 84.8 Å². The number of piperidine rings is 1. The van der Waals surface area contributed by atoms with Gasteiger partial charge in [0.15, 0.2) is 0 Å². The number of aliphatic imine (C=N–C) groups is 1. The minimum absolute atomic E-state index is 0.0577. The summed E-state index contributed by atoms with van der Waals surface area (Å²) < 4.78 is 5.86. The van der Waals surface area contributed by atoms with Crippen molar-refractivity contribution in [1.82, 2.24) is 14.7 Å². The Labute approximate surface area is 310 Å². The van der Waals surface area contributed by atoms with E-state index in [4.69, 9.17) is 15.3 Å². The summed E-state index contributed by atoms with van der Waals surface area (Å²) in [5.74, 6) is -0.554. The summed E-state index contributed by atoms with van der Waals surface area (Å²) in [6.07, 6.45) is 4.77. The number of non-ortho nitro benzene ring substituents is 1. The highest BCUT2D eigenvalue weighted by molar-refractivity contribution is 5.95. The summed E-state index contributed by atoms with van der Waals surface area (Å²) in [6.45, 7) is 7.62. The van der Waals surface area contributed by atoms with Crippen LogP contribution >= 0.6 is 0 Å². The zero-order valence-electron chi connectivity index (χ0n) is 30.5. The molecule has 2 amide bonds. The molecule has 2 heterocycles. The predicted octanol–water partition coefficient (Wildman–Crippen LogP) is 6.86. The van der Waals surface area contributed by atoms with E-state index in [9.17, 15) is 19.7 Å². The summed E-state index contributed by atoms with van der Waals surface area (Å²) in [7, 11) is 0. The lowest BCUT2D eigenvalue weighted by molar-refractivity contribution is -0.384. The molecule has 2 aliphatic heterocycles. The normalized spacial score (nSPS) is 18.4. The zero-order valence-corrected chi connectivity index (χ0v) is 30.5. The molecule has 2 unspecified atom stereocenters. The number of likely N-dealkylation sites (N-methyl/N-ethyl adjacent to an activating group) is 1. The van der Waals surface area contributed by atoms with E-state index in [1.54, 1.807) is 21.9 Å². The maximum atomic E-state index is 13.0. The lowest BCUT2D eigenvalue weighted by Crippen LogP contribution is -2.50. The highest BCUT2D eigenvalue weighted by Gasteiger charge is 2.42. The Balaban J connectivity index is 1.40. The number of carbonyl (C=O) groups is 2. The molecular formula is C40H48N8O5. The third-order valence-corrected chi connectivity index (χ3v) is 10.5. The van der Waals surface area contributed by atoms with Gasteiger partial charge in [0.05, 0.1) is 47.2 Å². The van der Waals surface area contributed by atoms with Crippen LogP contribution in [0.5, 0.6) is 0 Å². The first kappa shape index (κ1) is 38.9. The van der Waals surface area contributed by atoms with Gasteiger partial charge in [-0.05, 0) is 74.5 Å². The number of nitro groups is 1. The van der Waals surface area contributed by atoms with Crippen LogP contribution in [0.2, 0.25) is 0 Å². The summed E-state index contributed by atoms with van der Waals surface area (Å²) in [5, 5.41) is 15.1. The first-order valence-electron chi connectivity index (χ1n) is 18.3. The number of amides is 2. The third kappa shape index (κ3) is 9.00. The first-order chi connectivity index (χ1) is 25.9. The van der Waals surface area contributed by atoms with Gasteiger partial charge in [0, 0.05) is 42.1 Å². The van der Waals surface area contributed by atoms with Gasteiger partial charge in [0.25, 0.3) is 5.69 Å². The standard InChI is InChI=1S/C40H48N8O5/c1-3-35-38(37(31-16-18-34(19-17-31)48(51)52)39(46(4-2)29-49)36(43-35)28-53-27-22-42-44-41)47(30-50)24-11-23-45-25-20-40(21-26-45,32-12-7-5-8-13-32)33-14-9-6-10-15-33/h5-10,12-19,29-30,37,39H,3-4,11,20-28H2,1-2H3. The highest BCUT2D eigenvalue weighted by atomic mass is 16.6. The Bertz CT molecular complexity index is 1740. The average molecular weight is 721 g/mol. The van der Waals surface area contributed by atoms with Crippen molar-refractivity contribution in [2.45, 2.75) is 56.9 Å². The molecule has 5 rings (SSSR count).